The molecule has 0 atom stereocenters. The zero-order chi connectivity index (χ0) is 17.9. The zero-order valence-electron chi connectivity index (χ0n) is 12.7. The number of nitrogens with one attached hydrogen (secondary N) is 1. The lowest BCUT2D eigenvalue weighted by Crippen LogP contribution is -2.14. The topological polar surface area (TPSA) is 47.6 Å². The Bertz CT molecular complexity index is 763. The van der Waals surface area contributed by atoms with Gasteiger partial charge in [-0.1, -0.05) is 17.7 Å². The molecule has 1 amide bonds. The summed E-state index contributed by atoms with van der Waals surface area (Å²) in [4.78, 5) is 12.2. The van der Waals surface area contributed by atoms with Crippen LogP contribution in [0.5, 0.6) is 11.5 Å². The molecule has 0 fully saturated rings. The van der Waals surface area contributed by atoms with Gasteiger partial charge in [0.15, 0.2) is 0 Å². The number of halogens is 4. The summed E-state index contributed by atoms with van der Waals surface area (Å²) in [5.41, 5.74) is -0.834. The van der Waals surface area contributed by atoms with Crippen LogP contribution in [0.2, 0.25) is 5.02 Å². The first-order chi connectivity index (χ1) is 11.3. The van der Waals surface area contributed by atoms with Gasteiger partial charge in [-0.05, 0) is 24.3 Å². The first kappa shape index (κ1) is 17.9. The molecule has 8 heteroatoms. The van der Waals surface area contributed by atoms with E-state index in [4.69, 9.17) is 21.1 Å². The summed E-state index contributed by atoms with van der Waals surface area (Å²) in [5, 5.41) is 2.70. The molecule has 0 aliphatic carbocycles. The third kappa shape index (κ3) is 3.91. The minimum Gasteiger partial charge on any atom is -0.495 e. The van der Waals surface area contributed by atoms with Gasteiger partial charge in [-0.25, -0.2) is 0 Å². The van der Waals surface area contributed by atoms with Crippen molar-refractivity contribution in [2.45, 2.75) is 6.18 Å². The van der Waals surface area contributed by atoms with Crippen LogP contribution in [0, 0.1) is 0 Å². The Kier molecular flexibility index (Phi) is 5.23. The van der Waals surface area contributed by atoms with Crippen LogP contribution >= 0.6 is 11.6 Å². The van der Waals surface area contributed by atoms with Crippen LogP contribution in [0.15, 0.2) is 36.4 Å². The Morgan fingerprint density at radius 2 is 1.75 bits per heavy atom. The Morgan fingerprint density at radius 3 is 2.33 bits per heavy atom. The number of anilines is 1. The third-order valence-corrected chi connectivity index (χ3v) is 3.47. The second kappa shape index (κ2) is 7.00. The lowest BCUT2D eigenvalue weighted by Gasteiger charge is -2.14. The highest BCUT2D eigenvalue weighted by atomic mass is 35.5. The van der Waals surface area contributed by atoms with Crippen molar-refractivity contribution in [3.05, 3.63) is 52.5 Å². The Hall–Kier alpha value is -2.41. The van der Waals surface area contributed by atoms with E-state index in [1.165, 1.54) is 32.4 Å². The summed E-state index contributed by atoms with van der Waals surface area (Å²) in [6, 6.07) is 6.96. The second-order valence-corrected chi connectivity index (χ2v) is 5.13. The fourth-order valence-electron chi connectivity index (χ4n) is 1.99. The number of hydrogen-bond acceptors (Lipinski definition) is 3. The highest BCUT2D eigenvalue weighted by Gasteiger charge is 2.31. The van der Waals surface area contributed by atoms with E-state index >= 15 is 0 Å². The zero-order valence-corrected chi connectivity index (χ0v) is 13.5. The van der Waals surface area contributed by atoms with E-state index in [-0.39, 0.29) is 22.0 Å². The molecule has 0 saturated carbocycles. The quantitative estimate of drug-likeness (QED) is 0.866. The van der Waals surface area contributed by atoms with E-state index in [1.807, 2.05) is 0 Å². The molecule has 0 radical (unpaired) electrons. The fraction of sp³-hybridized carbons (Fsp3) is 0.188. The smallest absolute Gasteiger partial charge is 0.416 e. The van der Waals surface area contributed by atoms with Crippen LogP contribution < -0.4 is 14.8 Å². The van der Waals surface area contributed by atoms with Gasteiger partial charge in [-0.15, -0.1) is 0 Å². The maximum Gasteiger partial charge on any atom is 0.416 e. The first-order valence-electron chi connectivity index (χ1n) is 6.66. The Morgan fingerprint density at radius 1 is 1.08 bits per heavy atom. The van der Waals surface area contributed by atoms with Crippen molar-refractivity contribution in [1.82, 2.24) is 0 Å². The van der Waals surface area contributed by atoms with Crippen molar-refractivity contribution in [2.24, 2.45) is 0 Å². The van der Waals surface area contributed by atoms with Crippen LogP contribution in [-0.2, 0) is 6.18 Å². The Labute approximate surface area is 141 Å². The first-order valence-corrected chi connectivity index (χ1v) is 7.04. The Balaban J connectivity index is 2.32. The maximum absolute atomic E-state index is 12.7. The van der Waals surface area contributed by atoms with Crippen LogP contribution in [0.3, 0.4) is 0 Å². The number of carbonyl (C=O) groups excluding carboxylic acids is 1. The van der Waals surface area contributed by atoms with Gasteiger partial charge in [0.05, 0.1) is 30.5 Å². The van der Waals surface area contributed by atoms with Gasteiger partial charge in [-0.3, -0.25) is 4.79 Å². The highest BCUT2D eigenvalue weighted by molar-refractivity contribution is 6.32. The monoisotopic (exact) mass is 359 g/mol. The standard InChI is InChI=1S/C16H13ClF3NO3/c1-23-13-8-14(24-2)12(7-11(13)17)21-15(22)9-4-3-5-10(6-9)16(18,19)20/h3-8H,1-2H3,(H,21,22). The van der Waals surface area contributed by atoms with Gasteiger partial charge in [0.25, 0.3) is 5.91 Å². The van der Waals surface area contributed by atoms with E-state index in [0.29, 0.717) is 5.75 Å². The van der Waals surface area contributed by atoms with Gasteiger partial charge >= 0.3 is 6.18 Å². The third-order valence-electron chi connectivity index (χ3n) is 3.17. The van der Waals surface area contributed by atoms with Crippen molar-refractivity contribution in [2.75, 3.05) is 19.5 Å². The van der Waals surface area contributed by atoms with Crippen LogP contribution in [0.1, 0.15) is 15.9 Å². The predicted octanol–water partition coefficient (Wildman–Crippen LogP) is 4.63. The average molecular weight is 360 g/mol. The minimum absolute atomic E-state index is 0.140. The van der Waals surface area contributed by atoms with E-state index in [1.54, 1.807) is 0 Å². The number of methoxy groups -OCH3 is 2. The van der Waals surface area contributed by atoms with Crippen molar-refractivity contribution in [3.8, 4) is 11.5 Å². The molecule has 0 spiro atoms. The van der Waals surface area contributed by atoms with Crippen molar-refractivity contribution in [1.29, 1.82) is 0 Å². The van der Waals surface area contributed by atoms with Crippen molar-refractivity contribution in [3.63, 3.8) is 0 Å². The number of benzene rings is 2. The molecule has 0 saturated heterocycles. The molecule has 0 unspecified atom stereocenters. The van der Waals surface area contributed by atoms with Gasteiger partial charge in [0.1, 0.15) is 11.5 Å². The molecule has 128 valence electrons. The van der Waals surface area contributed by atoms with Gasteiger partial charge in [0.2, 0.25) is 0 Å². The molecule has 1 N–H and O–H groups in total. The lowest BCUT2D eigenvalue weighted by molar-refractivity contribution is -0.137. The molecule has 4 nitrogen and oxygen atoms in total. The lowest BCUT2D eigenvalue weighted by atomic mass is 10.1. The molecular weight excluding hydrogens is 347 g/mol. The molecule has 2 aromatic rings. The number of amides is 1. The highest BCUT2D eigenvalue weighted by Crippen LogP contribution is 2.36. The summed E-state index contributed by atoms with van der Waals surface area (Å²) in [6.45, 7) is 0. The number of carbonyl (C=O) groups is 1. The van der Waals surface area contributed by atoms with E-state index < -0.39 is 17.6 Å². The maximum atomic E-state index is 12.7. The van der Waals surface area contributed by atoms with Crippen molar-refractivity contribution < 1.29 is 27.4 Å². The van der Waals surface area contributed by atoms with Crippen LogP contribution in [0.25, 0.3) is 0 Å². The summed E-state index contributed by atoms with van der Waals surface area (Å²) >= 11 is 5.99. The largest absolute Gasteiger partial charge is 0.495 e. The molecule has 0 heterocycles. The molecule has 0 aliphatic heterocycles. The fourth-order valence-corrected chi connectivity index (χ4v) is 2.23. The SMILES string of the molecule is COc1cc(OC)c(NC(=O)c2cccc(C(F)(F)F)c2)cc1Cl. The molecule has 0 aromatic heterocycles. The van der Waals surface area contributed by atoms with Crippen LogP contribution in [0.4, 0.5) is 18.9 Å². The van der Waals surface area contributed by atoms with Crippen molar-refractivity contribution >= 4 is 23.2 Å². The van der Waals surface area contributed by atoms with E-state index in [0.717, 1.165) is 18.2 Å². The molecule has 0 bridgehead atoms. The summed E-state index contributed by atoms with van der Waals surface area (Å²) in [5.74, 6) is -0.122. The average Bonchev–Trinajstić information content (AvgIpc) is 2.54. The summed E-state index contributed by atoms with van der Waals surface area (Å²) in [7, 11) is 2.80. The van der Waals surface area contributed by atoms with Gasteiger partial charge in [-0.2, -0.15) is 13.2 Å². The predicted molar refractivity (Wildman–Crippen MR) is 84.0 cm³/mol. The molecule has 24 heavy (non-hydrogen) atoms. The normalized spacial score (nSPS) is 11.1. The summed E-state index contributed by atoms with van der Waals surface area (Å²) < 4.78 is 48.4. The number of hydrogen-bond donors (Lipinski definition) is 1. The summed E-state index contributed by atoms with van der Waals surface area (Å²) in [6.07, 6.45) is -4.53. The number of alkyl halides is 3. The second-order valence-electron chi connectivity index (χ2n) is 4.72. The minimum atomic E-state index is -4.53. The molecular formula is C16H13ClF3NO3. The van der Waals surface area contributed by atoms with Crippen LogP contribution in [-0.4, -0.2) is 20.1 Å². The molecule has 2 aromatic carbocycles. The molecule has 0 aliphatic rings. The van der Waals surface area contributed by atoms with E-state index in [2.05, 4.69) is 5.32 Å². The number of rotatable bonds is 4. The molecule has 2 rings (SSSR count). The van der Waals surface area contributed by atoms with E-state index in [9.17, 15) is 18.0 Å². The van der Waals surface area contributed by atoms with Gasteiger partial charge in [0, 0.05) is 11.6 Å². The van der Waals surface area contributed by atoms with Gasteiger partial charge < -0.3 is 14.8 Å². The number of ether oxygens (including phenoxy) is 2.